The second-order valence-corrected chi connectivity index (χ2v) is 9.33. The standard InChI is InChI=1S/C23H26ClN7O3/c1-23(2,22(33)29(3)4)12-30-11-14(10-28-30)16-6-5-15(9-17(16)24)31-7-8-34-20-18(21(31)32)19(25)26-13-27-20/h5-6,9-11,13H,7-8,12H2,1-4H3,(H2,25,26,27). The molecular weight excluding hydrogens is 458 g/mol. The van der Waals surface area contributed by atoms with E-state index in [1.807, 2.05) is 26.1 Å². The fraction of sp³-hybridized carbons (Fsp3) is 0.348. The number of benzene rings is 1. The molecule has 0 saturated carbocycles. The molecule has 3 heterocycles. The number of carbonyl (C=O) groups excluding carboxylic acids is 2. The van der Waals surface area contributed by atoms with Gasteiger partial charge in [0, 0.05) is 37.1 Å². The van der Waals surface area contributed by atoms with Crippen LogP contribution in [-0.2, 0) is 11.3 Å². The largest absolute Gasteiger partial charge is 0.475 e. The summed E-state index contributed by atoms with van der Waals surface area (Å²) in [6.07, 6.45) is 4.82. The van der Waals surface area contributed by atoms with Crippen molar-refractivity contribution in [1.29, 1.82) is 0 Å². The molecule has 1 aliphatic rings. The van der Waals surface area contributed by atoms with Gasteiger partial charge in [0.05, 0.1) is 29.7 Å². The van der Waals surface area contributed by atoms with Crippen molar-refractivity contribution < 1.29 is 14.3 Å². The summed E-state index contributed by atoms with van der Waals surface area (Å²) in [5.74, 6) is -0.0980. The number of nitrogens with two attached hydrogens (primary N) is 1. The van der Waals surface area contributed by atoms with E-state index in [4.69, 9.17) is 22.1 Å². The van der Waals surface area contributed by atoms with Crippen LogP contribution in [0.1, 0.15) is 24.2 Å². The Hall–Kier alpha value is -3.66. The summed E-state index contributed by atoms with van der Waals surface area (Å²) in [6, 6.07) is 5.36. The van der Waals surface area contributed by atoms with Crippen molar-refractivity contribution in [2.75, 3.05) is 37.9 Å². The van der Waals surface area contributed by atoms with Crippen molar-refractivity contribution in [2.24, 2.45) is 5.41 Å². The predicted octanol–water partition coefficient (Wildman–Crippen LogP) is 2.73. The van der Waals surface area contributed by atoms with E-state index in [9.17, 15) is 9.59 Å². The smallest absolute Gasteiger partial charge is 0.267 e. The number of carbonyl (C=O) groups is 2. The molecule has 1 aromatic carbocycles. The first-order valence-electron chi connectivity index (χ1n) is 10.7. The fourth-order valence-corrected chi connectivity index (χ4v) is 4.27. The minimum absolute atomic E-state index is 0.0191. The van der Waals surface area contributed by atoms with E-state index < -0.39 is 5.41 Å². The van der Waals surface area contributed by atoms with Gasteiger partial charge in [-0.2, -0.15) is 5.10 Å². The Morgan fingerprint density at radius 3 is 2.76 bits per heavy atom. The number of fused-ring (bicyclic) bond motifs is 1. The molecular formula is C23H26ClN7O3. The Morgan fingerprint density at radius 1 is 1.29 bits per heavy atom. The monoisotopic (exact) mass is 483 g/mol. The molecule has 10 nitrogen and oxygen atoms in total. The molecule has 0 unspecified atom stereocenters. The Balaban J connectivity index is 1.58. The third-order valence-corrected chi connectivity index (χ3v) is 5.92. The highest BCUT2D eigenvalue weighted by atomic mass is 35.5. The highest BCUT2D eigenvalue weighted by Gasteiger charge is 2.31. The first-order valence-corrected chi connectivity index (χ1v) is 11.1. The molecule has 2 N–H and O–H groups in total. The summed E-state index contributed by atoms with van der Waals surface area (Å²) < 4.78 is 7.32. The maximum absolute atomic E-state index is 13.2. The zero-order chi connectivity index (χ0) is 24.6. The fourth-order valence-electron chi connectivity index (χ4n) is 3.98. The zero-order valence-electron chi connectivity index (χ0n) is 19.4. The quantitative estimate of drug-likeness (QED) is 0.592. The number of halogens is 1. The Labute approximate surface area is 202 Å². The molecule has 0 spiro atoms. The van der Waals surface area contributed by atoms with Crippen molar-refractivity contribution in [2.45, 2.75) is 20.4 Å². The normalized spacial score (nSPS) is 13.8. The molecule has 11 heteroatoms. The SMILES string of the molecule is CN(C)C(=O)C(C)(C)Cn1cc(-c2ccc(N3CCOc4ncnc(N)c4C3=O)cc2Cl)cn1. The number of ether oxygens (including phenoxy) is 1. The predicted molar refractivity (Wildman–Crippen MR) is 129 cm³/mol. The molecule has 0 atom stereocenters. The molecule has 0 saturated heterocycles. The Morgan fingerprint density at radius 2 is 2.06 bits per heavy atom. The summed E-state index contributed by atoms with van der Waals surface area (Å²) in [5, 5.41) is 4.87. The van der Waals surface area contributed by atoms with Gasteiger partial charge in [0.15, 0.2) is 0 Å². The lowest BCUT2D eigenvalue weighted by Crippen LogP contribution is -2.39. The van der Waals surface area contributed by atoms with Gasteiger partial charge in [0.2, 0.25) is 11.8 Å². The van der Waals surface area contributed by atoms with Gasteiger partial charge in [0.25, 0.3) is 5.91 Å². The van der Waals surface area contributed by atoms with Crippen LogP contribution in [0, 0.1) is 5.41 Å². The molecule has 0 bridgehead atoms. The molecule has 34 heavy (non-hydrogen) atoms. The first kappa shape index (κ1) is 23.5. The summed E-state index contributed by atoms with van der Waals surface area (Å²) in [5.41, 5.74) is 7.60. The maximum Gasteiger partial charge on any atom is 0.267 e. The van der Waals surface area contributed by atoms with Gasteiger partial charge >= 0.3 is 0 Å². The number of hydrogen-bond acceptors (Lipinski definition) is 7. The lowest BCUT2D eigenvalue weighted by Gasteiger charge is -2.26. The lowest BCUT2D eigenvalue weighted by atomic mass is 9.92. The number of nitrogen functional groups attached to an aromatic ring is 1. The number of anilines is 2. The van der Waals surface area contributed by atoms with Crippen LogP contribution < -0.4 is 15.4 Å². The van der Waals surface area contributed by atoms with Crippen molar-refractivity contribution in [3.05, 3.63) is 47.5 Å². The molecule has 0 fully saturated rings. The van der Waals surface area contributed by atoms with Gasteiger partial charge < -0.3 is 20.3 Å². The van der Waals surface area contributed by atoms with E-state index in [2.05, 4.69) is 15.1 Å². The number of aromatic nitrogens is 4. The number of nitrogens with zero attached hydrogens (tertiary/aromatic N) is 6. The molecule has 3 aromatic rings. The van der Waals surface area contributed by atoms with E-state index in [0.29, 0.717) is 23.8 Å². The number of rotatable bonds is 5. The van der Waals surface area contributed by atoms with Crippen molar-refractivity contribution in [3.8, 4) is 17.0 Å². The molecule has 1 aliphatic heterocycles. The van der Waals surface area contributed by atoms with Crippen LogP contribution in [0.3, 0.4) is 0 Å². The van der Waals surface area contributed by atoms with E-state index in [1.54, 1.807) is 46.9 Å². The van der Waals surface area contributed by atoms with Gasteiger partial charge in [-0.05, 0) is 26.0 Å². The van der Waals surface area contributed by atoms with Crippen molar-refractivity contribution in [3.63, 3.8) is 0 Å². The van der Waals surface area contributed by atoms with Crippen molar-refractivity contribution in [1.82, 2.24) is 24.6 Å². The zero-order valence-corrected chi connectivity index (χ0v) is 20.2. The third kappa shape index (κ3) is 4.41. The van der Waals surface area contributed by atoms with Crippen LogP contribution in [0.2, 0.25) is 5.02 Å². The van der Waals surface area contributed by atoms with Crippen LogP contribution in [0.5, 0.6) is 5.88 Å². The lowest BCUT2D eigenvalue weighted by molar-refractivity contribution is -0.138. The second-order valence-electron chi connectivity index (χ2n) is 8.92. The number of hydrogen-bond donors (Lipinski definition) is 1. The van der Waals surface area contributed by atoms with E-state index in [1.165, 1.54) is 6.33 Å². The minimum Gasteiger partial charge on any atom is -0.475 e. The van der Waals surface area contributed by atoms with Crippen LogP contribution >= 0.6 is 11.6 Å². The average Bonchev–Trinajstić information content (AvgIpc) is 3.15. The third-order valence-electron chi connectivity index (χ3n) is 5.61. The topological polar surface area (TPSA) is 119 Å². The summed E-state index contributed by atoms with van der Waals surface area (Å²) in [6.45, 7) is 4.75. The highest BCUT2D eigenvalue weighted by Crippen LogP contribution is 2.34. The average molecular weight is 484 g/mol. The Kier molecular flexibility index (Phi) is 6.18. The molecule has 4 rings (SSSR count). The Bertz CT molecular complexity index is 1260. The second kappa shape index (κ2) is 8.94. The summed E-state index contributed by atoms with van der Waals surface area (Å²) >= 11 is 6.62. The maximum atomic E-state index is 13.2. The molecule has 178 valence electrons. The van der Waals surface area contributed by atoms with E-state index >= 15 is 0 Å². The van der Waals surface area contributed by atoms with Crippen LogP contribution in [0.4, 0.5) is 11.5 Å². The van der Waals surface area contributed by atoms with Gasteiger partial charge in [-0.25, -0.2) is 9.97 Å². The highest BCUT2D eigenvalue weighted by molar-refractivity contribution is 6.33. The van der Waals surface area contributed by atoms with Gasteiger partial charge in [-0.15, -0.1) is 0 Å². The van der Waals surface area contributed by atoms with Gasteiger partial charge in [-0.3, -0.25) is 14.3 Å². The first-order chi connectivity index (χ1) is 16.1. The van der Waals surface area contributed by atoms with Crippen LogP contribution in [0.15, 0.2) is 36.9 Å². The molecule has 0 radical (unpaired) electrons. The minimum atomic E-state index is -0.614. The molecule has 2 aromatic heterocycles. The number of amides is 2. The summed E-state index contributed by atoms with van der Waals surface area (Å²) in [4.78, 5) is 36.7. The van der Waals surface area contributed by atoms with Crippen LogP contribution in [-0.4, -0.2) is 63.7 Å². The van der Waals surface area contributed by atoms with Gasteiger partial charge in [-0.1, -0.05) is 17.7 Å². The van der Waals surface area contributed by atoms with Crippen LogP contribution in [0.25, 0.3) is 11.1 Å². The van der Waals surface area contributed by atoms with E-state index in [-0.39, 0.29) is 35.7 Å². The molecule has 2 amide bonds. The molecule has 0 aliphatic carbocycles. The summed E-state index contributed by atoms with van der Waals surface area (Å²) in [7, 11) is 3.47. The van der Waals surface area contributed by atoms with Crippen molar-refractivity contribution >= 4 is 34.9 Å². The van der Waals surface area contributed by atoms with Gasteiger partial charge in [0.1, 0.15) is 24.3 Å². The van der Waals surface area contributed by atoms with E-state index in [0.717, 1.165) is 11.1 Å².